The van der Waals surface area contributed by atoms with E-state index in [1.54, 1.807) is 16.3 Å². The number of hydrogen-bond acceptors (Lipinski definition) is 5. The first-order valence-electron chi connectivity index (χ1n) is 8.75. The van der Waals surface area contributed by atoms with Gasteiger partial charge < -0.3 is 15.0 Å². The zero-order valence-corrected chi connectivity index (χ0v) is 15.4. The Hall–Kier alpha value is -1.73. The van der Waals surface area contributed by atoms with Gasteiger partial charge in [0.2, 0.25) is 5.91 Å². The smallest absolute Gasteiger partial charge is 0.252 e. The van der Waals surface area contributed by atoms with Gasteiger partial charge >= 0.3 is 0 Å². The predicted molar refractivity (Wildman–Crippen MR) is 94.5 cm³/mol. The van der Waals surface area contributed by atoms with Crippen molar-refractivity contribution in [1.82, 2.24) is 10.2 Å². The molecule has 0 bridgehead atoms. The molecule has 3 atom stereocenters. The molecule has 2 aliphatic rings. The van der Waals surface area contributed by atoms with Crippen molar-refractivity contribution in [1.29, 1.82) is 0 Å². The number of carbonyl (C=O) groups excluding carboxylic acids is 3. The highest BCUT2D eigenvalue weighted by molar-refractivity contribution is 7.08. The Balaban J connectivity index is 1.76. The minimum absolute atomic E-state index is 0.0366. The number of fused-ring (bicyclic) bond motifs is 1. The number of ether oxygens (including phenoxy) is 1. The number of piperidine rings is 1. The second kappa shape index (κ2) is 7.66. The van der Waals surface area contributed by atoms with Crippen LogP contribution >= 0.6 is 11.3 Å². The molecule has 136 valence electrons. The first-order chi connectivity index (χ1) is 12.0. The molecule has 2 aliphatic heterocycles. The standard InChI is InChI=1S/C18H24N2O4S/c1-11(2)8-13(19-17(22)12-5-7-25-10-12)18(23)20-6-3-4-15-16(20)14(21)9-24-15/h5,7,10-11,13,15-16H,3-4,6,8-9H2,1-2H3,(H,19,22)/t13-,15-,16-/m0/s1. The highest BCUT2D eigenvalue weighted by atomic mass is 32.1. The Bertz CT molecular complexity index is 644. The van der Waals surface area contributed by atoms with E-state index in [1.165, 1.54) is 11.3 Å². The average Bonchev–Trinajstić information content (AvgIpc) is 3.23. The van der Waals surface area contributed by atoms with Gasteiger partial charge in [0.1, 0.15) is 18.7 Å². The maximum Gasteiger partial charge on any atom is 0.252 e. The number of likely N-dealkylation sites (tertiary alicyclic amines) is 1. The Morgan fingerprint density at radius 3 is 2.92 bits per heavy atom. The van der Waals surface area contributed by atoms with Crippen molar-refractivity contribution < 1.29 is 19.1 Å². The summed E-state index contributed by atoms with van der Waals surface area (Å²) in [6.45, 7) is 4.65. The van der Waals surface area contributed by atoms with Crippen LogP contribution in [-0.2, 0) is 14.3 Å². The lowest BCUT2D eigenvalue weighted by atomic mass is 9.95. The molecule has 25 heavy (non-hydrogen) atoms. The van der Waals surface area contributed by atoms with Crippen molar-refractivity contribution >= 4 is 28.9 Å². The monoisotopic (exact) mass is 364 g/mol. The van der Waals surface area contributed by atoms with E-state index in [-0.39, 0.29) is 36.2 Å². The van der Waals surface area contributed by atoms with Gasteiger partial charge in [-0.25, -0.2) is 0 Å². The van der Waals surface area contributed by atoms with Crippen LogP contribution < -0.4 is 5.32 Å². The average molecular weight is 364 g/mol. The second-order valence-electron chi connectivity index (χ2n) is 7.10. The van der Waals surface area contributed by atoms with Crippen LogP contribution in [-0.4, -0.2) is 53.8 Å². The molecule has 1 aromatic heterocycles. The summed E-state index contributed by atoms with van der Waals surface area (Å²) in [5.74, 6) is -0.216. The van der Waals surface area contributed by atoms with Crippen LogP contribution in [0.15, 0.2) is 16.8 Å². The fraction of sp³-hybridized carbons (Fsp3) is 0.611. The largest absolute Gasteiger partial charge is 0.368 e. The molecule has 0 saturated carbocycles. The molecule has 0 radical (unpaired) electrons. The van der Waals surface area contributed by atoms with Gasteiger partial charge in [-0.05, 0) is 36.6 Å². The molecule has 3 heterocycles. The number of nitrogens with zero attached hydrogens (tertiary/aromatic N) is 1. The van der Waals surface area contributed by atoms with E-state index in [0.717, 1.165) is 12.8 Å². The van der Waals surface area contributed by atoms with Crippen LogP contribution in [0, 0.1) is 5.92 Å². The van der Waals surface area contributed by atoms with Crippen molar-refractivity contribution in [2.24, 2.45) is 5.92 Å². The summed E-state index contributed by atoms with van der Waals surface area (Å²) < 4.78 is 5.52. The van der Waals surface area contributed by atoms with Crippen molar-refractivity contribution in [2.45, 2.75) is 51.3 Å². The third-order valence-electron chi connectivity index (χ3n) is 4.72. The van der Waals surface area contributed by atoms with E-state index in [9.17, 15) is 14.4 Å². The molecule has 7 heteroatoms. The van der Waals surface area contributed by atoms with Crippen LogP contribution in [0.3, 0.4) is 0 Å². The Kier molecular flexibility index (Phi) is 5.54. The lowest BCUT2D eigenvalue weighted by Gasteiger charge is -2.37. The van der Waals surface area contributed by atoms with Gasteiger partial charge in [-0.1, -0.05) is 13.8 Å². The maximum atomic E-state index is 13.1. The minimum Gasteiger partial charge on any atom is -0.368 e. The lowest BCUT2D eigenvalue weighted by molar-refractivity contribution is -0.142. The first-order valence-corrected chi connectivity index (χ1v) is 9.69. The summed E-state index contributed by atoms with van der Waals surface area (Å²) in [4.78, 5) is 39.3. The van der Waals surface area contributed by atoms with Crippen molar-refractivity contribution in [3.8, 4) is 0 Å². The highest BCUT2D eigenvalue weighted by Crippen LogP contribution is 2.27. The molecule has 0 aromatic carbocycles. The number of rotatable bonds is 5. The summed E-state index contributed by atoms with van der Waals surface area (Å²) in [5.41, 5.74) is 0.559. The summed E-state index contributed by atoms with van der Waals surface area (Å²) in [7, 11) is 0. The van der Waals surface area contributed by atoms with Gasteiger partial charge in [0, 0.05) is 11.9 Å². The minimum atomic E-state index is -0.625. The number of carbonyl (C=O) groups is 3. The van der Waals surface area contributed by atoms with Gasteiger partial charge in [0.05, 0.1) is 11.7 Å². The zero-order chi connectivity index (χ0) is 18.0. The van der Waals surface area contributed by atoms with Crippen LogP contribution in [0.2, 0.25) is 0 Å². The first kappa shape index (κ1) is 18.1. The van der Waals surface area contributed by atoms with Gasteiger partial charge in [-0.3, -0.25) is 14.4 Å². The quantitative estimate of drug-likeness (QED) is 0.865. The van der Waals surface area contributed by atoms with E-state index in [2.05, 4.69) is 5.32 Å². The molecule has 2 saturated heterocycles. The Morgan fingerprint density at radius 1 is 1.44 bits per heavy atom. The molecular formula is C18H24N2O4S. The van der Waals surface area contributed by atoms with Crippen molar-refractivity contribution in [3.63, 3.8) is 0 Å². The van der Waals surface area contributed by atoms with Crippen LogP contribution in [0.4, 0.5) is 0 Å². The fourth-order valence-electron chi connectivity index (χ4n) is 3.57. The summed E-state index contributed by atoms with van der Waals surface area (Å²) in [5, 5.41) is 6.46. The molecule has 3 rings (SSSR count). The summed E-state index contributed by atoms with van der Waals surface area (Å²) in [6, 6.07) is 0.621. The molecule has 2 amide bonds. The molecule has 6 nitrogen and oxygen atoms in total. The van der Waals surface area contributed by atoms with Gasteiger partial charge in [-0.2, -0.15) is 11.3 Å². The molecule has 0 unspecified atom stereocenters. The highest BCUT2D eigenvalue weighted by Gasteiger charge is 2.45. The second-order valence-corrected chi connectivity index (χ2v) is 7.88. The number of amides is 2. The van der Waals surface area contributed by atoms with E-state index in [0.29, 0.717) is 18.5 Å². The maximum absolute atomic E-state index is 13.1. The van der Waals surface area contributed by atoms with Gasteiger partial charge in [0.15, 0.2) is 5.78 Å². The Morgan fingerprint density at radius 2 is 2.24 bits per heavy atom. The van der Waals surface area contributed by atoms with Crippen LogP contribution in [0.5, 0.6) is 0 Å². The SMILES string of the molecule is CC(C)C[C@H](NC(=O)c1ccsc1)C(=O)N1CCC[C@@H]2OCC(=O)[C@@H]21. The number of nitrogens with one attached hydrogen (secondary N) is 1. The van der Waals surface area contributed by atoms with E-state index in [1.807, 2.05) is 19.2 Å². The Labute approximate surface area is 151 Å². The van der Waals surface area contributed by atoms with Gasteiger partial charge in [0.25, 0.3) is 5.91 Å². The third-order valence-corrected chi connectivity index (χ3v) is 5.41. The van der Waals surface area contributed by atoms with Crippen molar-refractivity contribution in [3.05, 3.63) is 22.4 Å². The molecule has 2 fully saturated rings. The van der Waals surface area contributed by atoms with E-state index in [4.69, 9.17) is 4.74 Å². The lowest BCUT2D eigenvalue weighted by Crippen LogP contribution is -2.58. The molecule has 0 spiro atoms. The van der Waals surface area contributed by atoms with Crippen molar-refractivity contribution in [2.75, 3.05) is 13.2 Å². The normalized spacial score (nSPS) is 24.3. The number of thiophene rings is 1. The van der Waals surface area contributed by atoms with Crippen LogP contribution in [0.1, 0.15) is 43.5 Å². The molecule has 1 N–H and O–H groups in total. The van der Waals surface area contributed by atoms with Gasteiger partial charge in [-0.15, -0.1) is 0 Å². The number of hydrogen-bond donors (Lipinski definition) is 1. The molecule has 0 aliphatic carbocycles. The summed E-state index contributed by atoms with van der Waals surface area (Å²) >= 11 is 1.44. The fourth-order valence-corrected chi connectivity index (χ4v) is 4.20. The predicted octanol–water partition coefficient (Wildman–Crippen LogP) is 1.85. The van der Waals surface area contributed by atoms with E-state index < -0.39 is 12.1 Å². The van der Waals surface area contributed by atoms with Crippen LogP contribution in [0.25, 0.3) is 0 Å². The van der Waals surface area contributed by atoms with E-state index >= 15 is 0 Å². The number of Topliss-reactive ketones (excluding diaryl/α,β-unsaturated/α-hetero) is 1. The third kappa shape index (κ3) is 3.93. The topological polar surface area (TPSA) is 75.7 Å². The number of ketones is 1. The summed E-state index contributed by atoms with van der Waals surface area (Å²) in [6.07, 6.45) is 1.96. The molecular weight excluding hydrogens is 340 g/mol. The zero-order valence-electron chi connectivity index (χ0n) is 14.6. The molecule has 1 aromatic rings.